The first-order chi connectivity index (χ1) is 14.3. The number of hydrogen-bond donors (Lipinski definition) is 2. The molecule has 0 aliphatic rings. The SMILES string of the molecule is COc1ccccc1NC(=O)C(C)Sc1nc2ccc(Br)cc2c(=O)n1CC(C)O. The second-order valence-electron chi connectivity index (χ2n) is 6.77. The molecule has 30 heavy (non-hydrogen) atoms. The zero-order valence-corrected chi connectivity index (χ0v) is 19.2. The van der Waals surface area contributed by atoms with Gasteiger partial charge in [0.15, 0.2) is 5.16 Å². The van der Waals surface area contributed by atoms with Crippen LogP contribution in [-0.2, 0) is 11.3 Å². The zero-order valence-electron chi connectivity index (χ0n) is 16.8. The summed E-state index contributed by atoms with van der Waals surface area (Å²) in [6, 6.07) is 12.4. The second-order valence-corrected chi connectivity index (χ2v) is 8.99. The zero-order chi connectivity index (χ0) is 21.8. The van der Waals surface area contributed by atoms with Crippen LogP contribution in [-0.4, -0.2) is 39.0 Å². The molecule has 2 unspecified atom stereocenters. The van der Waals surface area contributed by atoms with E-state index in [0.717, 1.165) is 16.2 Å². The lowest BCUT2D eigenvalue weighted by molar-refractivity contribution is -0.115. The molecule has 0 bridgehead atoms. The van der Waals surface area contributed by atoms with Crippen LogP contribution < -0.4 is 15.6 Å². The summed E-state index contributed by atoms with van der Waals surface area (Å²) in [5.41, 5.74) is 0.835. The summed E-state index contributed by atoms with van der Waals surface area (Å²) < 4.78 is 7.45. The van der Waals surface area contributed by atoms with Crippen molar-refractivity contribution in [2.45, 2.75) is 36.9 Å². The number of rotatable bonds is 7. The Kier molecular flexibility index (Phi) is 7.17. The number of thioether (sulfide) groups is 1. The van der Waals surface area contributed by atoms with Gasteiger partial charge < -0.3 is 15.2 Å². The van der Waals surface area contributed by atoms with E-state index in [0.29, 0.717) is 27.5 Å². The molecule has 0 aliphatic heterocycles. The van der Waals surface area contributed by atoms with Crippen molar-refractivity contribution in [3.63, 3.8) is 0 Å². The molecular weight excluding hydrogens is 470 g/mol. The van der Waals surface area contributed by atoms with Crippen molar-refractivity contribution in [3.8, 4) is 5.75 Å². The molecule has 0 spiro atoms. The number of hydrogen-bond acceptors (Lipinski definition) is 6. The summed E-state index contributed by atoms with van der Waals surface area (Å²) >= 11 is 4.53. The standard InChI is InChI=1S/C21H22BrN3O4S/c1-12(26)11-25-20(28)15-10-14(22)8-9-16(15)24-21(25)30-13(2)19(27)23-17-6-4-5-7-18(17)29-3/h4-10,12-13,26H,11H2,1-3H3,(H,23,27). The molecule has 3 rings (SSSR count). The maximum absolute atomic E-state index is 13.0. The number of halogens is 1. The quantitative estimate of drug-likeness (QED) is 0.386. The molecular formula is C21H22BrN3O4S. The number of methoxy groups -OCH3 is 1. The summed E-state index contributed by atoms with van der Waals surface area (Å²) in [5.74, 6) is 0.307. The molecule has 1 heterocycles. The predicted octanol–water partition coefficient (Wildman–Crippen LogP) is 3.67. The number of anilines is 1. The number of aliphatic hydroxyl groups is 1. The molecule has 0 saturated carbocycles. The van der Waals surface area contributed by atoms with E-state index < -0.39 is 11.4 Å². The van der Waals surface area contributed by atoms with E-state index in [-0.39, 0.29) is 18.0 Å². The molecule has 0 saturated heterocycles. The van der Waals surface area contributed by atoms with Gasteiger partial charge >= 0.3 is 0 Å². The maximum atomic E-state index is 13.0. The van der Waals surface area contributed by atoms with E-state index in [1.165, 1.54) is 11.7 Å². The smallest absolute Gasteiger partial charge is 0.262 e. The maximum Gasteiger partial charge on any atom is 0.262 e. The normalized spacial score (nSPS) is 13.1. The van der Waals surface area contributed by atoms with E-state index in [1.54, 1.807) is 50.2 Å². The molecule has 7 nitrogen and oxygen atoms in total. The second kappa shape index (κ2) is 9.63. The van der Waals surface area contributed by atoms with Crippen LogP contribution in [0.4, 0.5) is 5.69 Å². The lowest BCUT2D eigenvalue weighted by atomic mass is 10.2. The topological polar surface area (TPSA) is 93.5 Å². The Morgan fingerprint density at radius 3 is 2.73 bits per heavy atom. The number of carbonyl (C=O) groups is 1. The molecule has 3 aromatic rings. The van der Waals surface area contributed by atoms with Crippen LogP contribution in [0.2, 0.25) is 0 Å². The average molecular weight is 492 g/mol. The Balaban J connectivity index is 1.92. The molecule has 158 valence electrons. The lowest BCUT2D eigenvalue weighted by Crippen LogP contribution is -2.29. The van der Waals surface area contributed by atoms with Gasteiger partial charge in [-0.15, -0.1) is 0 Å². The molecule has 2 aromatic carbocycles. The van der Waals surface area contributed by atoms with Crippen LogP contribution in [0.25, 0.3) is 10.9 Å². The molecule has 2 N–H and O–H groups in total. The van der Waals surface area contributed by atoms with Crippen LogP contribution in [0.15, 0.2) is 56.9 Å². The fourth-order valence-electron chi connectivity index (χ4n) is 2.88. The Morgan fingerprint density at radius 1 is 1.30 bits per heavy atom. The summed E-state index contributed by atoms with van der Waals surface area (Å²) in [4.78, 5) is 30.4. The van der Waals surface area contributed by atoms with Crippen LogP contribution in [0, 0.1) is 0 Å². The third-order valence-corrected chi connectivity index (χ3v) is 5.93. The van der Waals surface area contributed by atoms with Gasteiger partial charge in [0, 0.05) is 4.47 Å². The Labute approximate surface area is 186 Å². The summed E-state index contributed by atoms with van der Waals surface area (Å²) in [6.45, 7) is 3.42. The van der Waals surface area contributed by atoms with Gasteiger partial charge in [-0.3, -0.25) is 14.2 Å². The number of ether oxygens (including phenoxy) is 1. The number of aliphatic hydroxyl groups excluding tert-OH is 1. The minimum atomic E-state index is -0.744. The molecule has 1 amide bonds. The number of aromatic nitrogens is 2. The van der Waals surface area contributed by atoms with Gasteiger partial charge in [-0.25, -0.2) is 4.98 Å². The number of amides is 1. The summed E-state index contributed by atoms with van der Waals surface area (Å²) in [6.07, 6.45) is -0.744. The molecule has 2 atom stereocenters. The predicted molar refractivity (Wildman–Crippen MR) is 122 cm³/mol. The molecule has 1 aromatic heterocycles. The molecule has 0 fully saturated rings. The minimum absolute atomic E-state index is 0.0808. The van der Waals surface area contributed by atoms with Crippen molar-refractivity contribution in [1.29, 1.82) is 0 Å². The van der Waals surface area contributed by atoms with Gasteiger partial charge in [0.05, 0.1) is 41.6 Å². The van der Waals surface area contributed by atoms with E-state index in [2.05, 4.69) is 26.2 Å². The van der Waals surface area contributed by atoms with Crippen molar-refractivity contribution in [1.82, 2.24) is 9.55 Å². The van der Waals surface area contributed by atoms with Crippen LogP contribution in [0.1, 0.15) is 13.8 Å². The van der Waals surface area contributed by atoms with Crippen LogP contribution in [0.5, 0.6) is 5.75 Å². The molecule has 0 radical (unpaired) electrons. The highest BCUT2D eigenvalue weighted by atomic mass is 79.9. The van der Waals surface area contributed by atoms with Crippen molar-refractivity contribution < 1.29 is 14.6 Å². The number of fused-ring (bicyclic) bond motifs is 1. The highest BCUT2D eigenvalue weighted by Crippen LogP contribution is 2.27. The monoisotopic (exact) mass is 491 g/mol. The van der Waals surface area contributed by atoms with Crippen LogP contribution in [0.3, 0.4) is 0 Å². The van der Waals surface area contributed by atoms with E-state index in [9.17, 15) is 14.7 Å². The Hall–Kier alpha value is -2.36. The first kappa shape index (κ1) is 22.3. The first-order valence-electron chi connectivity index (χ1n) is 9.29. The summed E-state index contributed by atoms with van der Waals surface area (Å²) in [5, 5.41) is 13.0. The van der Waals surface area contributed by atoms with Gasteiger partial charge in [0.25, 0.3) is 5.56 Å². The highest BCUT2D eigenvalue weighted by molar-refractivity contribution is 9.10. The first-order valence-corrected chi connectivity index (χ1v) is 11.0. The lowest BCUT2D eigenvalue weighted by Gasteiger charge is -2.18. The number of carbonyl (C=O) groups excluding carboxylic acids is 1. The number of benzene rings is 2. The van der Waals surface area contributed by atoms with Gasteiger partial charge in [0.2, 0.25) is 5.91 Å². The van der Waals surface area contributed by atoms with Crippen LogP contribution >= 0.6 is 27.7 Å². The van der Waals surface area contributed by atoms with E-state index in [4.69, 9.17) is 4.74 Å². The number of para-hydroxylation sites is 2. The van der Waals surface area contributed by atoms with Gasteiger partial charge in [0.1, 0.15) is 5.75 Å². The van der Waals surface area contributed by atoms with Crippen molar-refractivity contribution in [2.24, 2.45) is 0 Å². The van der Waals surface area contributed by atoms with Gasteiger partial charge in [-0.05, 0) is 44.2 Å². The largest absolute Gasteiger partial charge is 0.495 e. The summed E-state index contributed by atoms with van der Waals surface area (Å²) in [7, 11) is 1.54. The van der Waals surface area contributed by atoms with Gasteiger partial charge in [-0.1, -0.05) is 39.8 Å². The van der Waals surface area contributed by atoms with E-state index >= 15 is 0 Å². The average Bonchev–Trinajstić information content (AvgIpc) is 2.71. The number of nitrogens with zero attached hydrogens (tertiary/aromatic N) is 2. The van der Waals surface area contributed by atoms with Crippen molar-refractivity contribution >= 4 is 50.2 Å². The van der Waals surface area contributed by atoms with Gasteiger partial charge in [-0.2, -0.15) is 0 Å². The van der Waals surface area contributed by atoms with Crippen molar-refractivity contribution in [3.05, 3.63) is 57.3 Å². The van der Waals surface area contributed by atoms with E-state index in [1.807, 2.05) is 6.07 Å². The number of nitrogens with one attached hydrogen (secondary N) is 1. The third-order valence-electron chi connectivity index (χ3n) is 4.34. The molecule has 0 aliphatic carbocycles. The third kappa shape index (κ3) is 5.03. The Bertz CT molecular complexity index is 1130. The minimum Gasteiger partial charge on any atom is -0.495 e. The molecule has 9 heteroatoms. The Morgan fingerprint density at radius 2 is 2.03 bits per heavy atom. The fraction of sp³-hybridized carbons (Fsp3) is 0.286. The fourth-order valence-corrected chi connectivity index (χ4v) is 4.16. The highest BCUT2D eigenvalue weighted by Gasteiger charge is 2.21. The van der Waals surface area contributed by atoms with Crippen molar-refractivity contribution in [2.75, 3.05) is 12.4 Å².